The molecule has 0 aliphatic carbocycles. The minimum absolute atomic E-state index is 0.0573. The minimum Gasteiger partial charge on any atom is -0.480 e. The maximum absolute atomic E-state index is 11.4. The van der Waals surface area contributed by atoms with Crippen molar-refractivity contribution in [1.29, 1.82) is 0 Å². The molecule has 0 aromatic heterocycles. The molecule has 2 unspecified atom stereocenters. The largest absolute Gasteiger partial charge is 0.480 e. The summed E-state index contributed by atoms with van der Waals surface area (Å²) >= 11 is 0. The SMILES string of the molecule is CC(C)CC(N)CCC(=O)NC(CO)C(=O)O. The third kappa shape index (κ3) is 7.70. The molecule has 1 amide bonds. The third-order valence-electron chi connectivity index (χ3n) is 2.33. The van der Waals surface area contributed by atoms with Crippen LogP contribution in [0.25, 0.3) is 0 Å². The molecular weight excluding hydrogens is 224 g/mol. The Balaban J connectivity index is 3.90. The summed E-state index contributed by atoms with van der Waals surface area (Å²) in [4.78, 5) is 21.9. The summed E-state index contributed by atoms with van der Waals surface area (Å²) in [6, 6.07) is -1.29. The zero-order valence-corrected chi connectivity index (χ0v) is 10.3. The van der Waals surface area contributed by atoms with E-state index in [4.69, 9.17) is 15.9 Å². The molecule has 0 aromatic carbocycles. The van der Waals surface area contributed by atoms with Crippen LogP contribution in [0.5, 0.6) is 0 Å². The number of rotatable bonds is 8. The molecule has 0 rings (SSSR count). The number of aliphatic hydroxyl groups is 1. The summed E-state index contributed by atoms with van der Waals surface area (Å²) in [7, 11) is 0. The second-order valence-electron chi connectivity index (χ2n) is 4.57. The zero-order valence-electron chi connectivity index (χ0n) is 10.3. The van der Waals surface area contributed by atoms with E-state index in [-0.39, 0.29) is 12.5 Å². The van der Waals surface area contributed by atoms with Gasteiger partial charge < -0.3 is 21.3 Å². The standard InChI is InChI=1S/C11H22N2O4/c1-7(2)5-8(12)3-4-10(15)13-9(6-14)11(16)17/h7-9,14H,3-6,12H2,1-2H3,(H,13,15)(H,16,17). The first kappa shape index (κ1) is 15.9. The fourth-order valence-corrected chi connectivity index (χ4v) is 1.49. The number of carboxylic acids is 1. The van der Waals surface area contributed by atoms with E-state index >= 15 is 0 Å². The van der Waals surface area contributed by atoms with Gasteiger partial charge in [-0.2, -0.15) is 0 Å². The molecule has 6 nitrogen and oxygen atoms in total. The molecule has 5 N–H and O–H groups in total. The average molecular weight is 246 g/mol. The molecule has 0 spiro atoms. The van der Waals surface area contributed by atoms with Crippen molar-refractivity contribution in [2.75, 3.05) is 6.61 Å². The normalized spacial score (nSPS) is 14.4. The Labute approximate surface area is 101 Å². The summed E-state index contributed by atoms with van der Waals surface area (Å²) in [5.41, 5.74) is 5.80. The molecule has 0 aliphatic rings. The van der Waals surface area contributed by atoms with Gasteiger partial charge >= 0.3 is 5.97 Å². The lowest BCUT2D eigenvalue weighted by atomic mass is 10.0. The van der Waals surface area contributed by atoms with Crippen molar-refractivity contribution in [3.63, 3.8) is 0 Å². The van der Waals surface area contributed by atoms with Crippen LogP contribution in [0.3, 0.4) is 0 Å². The second-order valence-corrected chi connectivity index (χ2v) is 4.57. The van der Waals surface area contributed by atoms with Gasteiger partial charge in [0.1, 0.15) is 6.04 Å². The number of hydrogen-bond acceptors (Lipinski definition) is 4. The van der Waals surface area contributed by atoms with Gasteiger partial charge in [0.05, 0.1) is 6.61 Å². The van der Waals surface area contributed by atoms with Crippen molar-refractivity contribution in [3.05, 3.63) is 0 Å². The highest BCUT2D eigenvalue weighted by Crippen LogP contribution is 2.07. The Kier molecular flexibility index (Phi) is 7.49. The number of carbonyl (C=O) groups is 2. The van der Waals surface area contributed by atoms with Crippen LogP contribution in [0.4, 0.5) is 0 Å². The van der Waals surface area contributed by atoms with Crippen LogP contribution >= 0.6 is 0 Å². The summed E-state index contributed by atoms with van der Waals surface area (Å²) in [5, 5.41) is 19.6. The fraction of sp³-hybridized carbons (Fsp3) is 0.818. The molecule has 0 fully saturated rings. The van der Waals surface area contributed by atoms with Crippen molar-refractivity contribution in [2.24, 2.45) is 11.7 Å². The quantitative estimate of drug-likeness (QED) is 0.470. The molecule has 100 valence electrons. The molecule has 0 heterocycles. The van der Waals surface area contributed by atoms with Crippen LogP contribution in [0, 0.1) is 5.92 Å². The number of nitrogens with one attached hydrogen (secondary N) is 1. The lowest BCUT2D eigenvalue weighted by Crippen LogP contribution is -2.43. The Hall–Kier alpha value is -1.14. The maximum Gasteiger partial charge on any atom is 0.328 e. The van der Waals surface area contributed by atoms with Crippen molar-refractivity contribution < 1.29 is 19.8 Å². The molecule has 0 bridgehead atoms. The van der Waals surface area contributed by atoms with E-state index in [0.29, 0.717) is 12.3 Å². The van der Waals surface area contributed by atoms with Gasteiger partial charge in [-0.25, -0.2) is 4.79 Å². The van der Waals surface area contributed by atoms with Crippen LogP contribution in [0.15, 0.2) is 0 Å². The number of carboxylic acid groups (broad SMARTS) is 1. The van der Waals surface area contributed by atoms with Crippen LogP contribution in [-0.4, -0.2) is 40.8 Å². The molecule has 0 saturated carbocycles. The Morgan fingerprint density at radius 3 is 2.35 bits per heavy atom. The van der Waals surface area contributed by atoms with Crippen LogP contribution in [0.2, 0.25) is 0 Å². The van der Waals surface area contributed by atoms with Gasteiger partial charge in [0, 0.05) is 12.5 Å². The number of aliphatic carboxylic acids is 1. The smallest absolute Gasteiger partial charge is 0.328 e. The highest BCUT2D eigenvalue weighted by atomic mass is 16.4. The van der Waals surface area contributed by atoms with E-state index in [1.165, 1.54) is 0 Å². The predicted molar refractivity (Wildman–Crippen MR) is 63.3 cm³/mol. The van der Waals surface area contributed by atoms with Gasteiger partial charge in [0.15, 0.2) is 0 Å². The van der Waals surface area contributed by atoms with E-state index in [1.807, 2.05) is 13.8 Å². The van der Waals surface area contributed by atoms with Gasteiger partial charge in [-0.15, -0.1) is 0 Å². The molecular formula is C11H22N2O4. The van der Waals surface area contributed by atoms with E-state index in [0.717, 1.165) is 6.42 Å². The van der Waals surface area contributed by atoms with Crippen LogP contribution < -0.4 is 11.1 Å². The molecule has 0 aliphatic heterocycles. The van der Waals surface area contributed by atoms with E-state index in [9.17, 15) is 9.59 Å². The first-order valence-electron chi connectivity index (χ1n) is 5.75. The van der Waals surface area contributed by atoms with Crippen molar-refractivity contribution in [3.8, 4) is 0 Å². The van der Waals surface area contributed by atoms with Crippen LogP contribution in [0.1, 0.15) is 33.1 Å². The lowest BCUT2D eigenvalue weighted by Gasteiger charge is -2.15. The first-order valence-corrected chi connectivity index (χ1v) is 5.75. The summed E-state index contributed by atoms with van der Waals surface area (Å²) < 4.78 is 0. The monoisotopic (exact) mass is 246 g/mol. The molecule has 0 radical (unpaired) electrons. The first-order chi connectivity index (χ1) is 7.86. The van der Waals surface area contributed by atoms with Gasteiger partial charge in [0.2, 0.25) is 5.91 Å². The Morgan fingerprint density at radius 2 is 1.94 bits per heavy atom. The fourth-order valence-electron chi connectivity index (χ4n) is 1.49. The van der Waals surface area contributed by atoms with Crippen LogP contribution in [-0.2, 0) is 9.59 Å². The number of aliphatic hydroxyl groups excluding tert-OH is 1. The number of amides is 1. The summed E-state index contributed by atoms with van der Waals surface area (Å²) in [6.07, 6.45) is 1.52. The molecule has 0 aromatic rings. The second kappa shape index (κ2) is 8.03. The topological polar surface area (TPSA) is 113 Å². The Bertz CT molecular complexity index is 256. The number of nitrogens with two attached hydrogens (primary N) is 1. The average Bonchev–Trinajstić information content (AvgIpc) is 2.21. The maximum atomic E-state index is 11.4. The lowest BCUT2D eigenvalue weighted by molar-refractivity contribution is -0.142. The molecule has 0 saturated heterocycles. The van der Waals surface area contributed by atoms with Gasteiger partial charge in [-0.1, -0.05) is 13.8 Å². The highest BCUT2D eigenvalue weighted by Gasteiger charge is 2.18. The highest BCUT2D eigenvalue weighted by molar-refractivity contribution is 5.83. The molecule has 6 heteroatoms. The molecule has 17 heavy (non-hydrogen) atoms. The van der Waals surface area contributed by atoms with Gasteiger partial charge in [-0.3, -0.25) is 4.79 Å². The number of hydrogen-bond donors (Lipinski definition) is 4. The number of carbonyl (C=O) groups excluding carboxylic acids is 1. The van der Waals surface area contributed by atoms with Crippen molar-refractivity contribution in [1.82, 2.24) is 5.32 Å². The Morgan fingerprint density at radius 1 is 1.35 bits per heavy atom. The predicted octanol–water partition coefficient (Wildman–Crippen LogP) is -0.298. The van der Waals surface area contributed by atoms with Crippen molar-refractivity contribution in [2.45, 2.75) is 45.2 Å². The van der Waals surface area contributed by atoms with E-state index < -0.39 is 24.5 Å². The van der Waals surface area contributed by atoms with Crippen molar-refractivity contribution >= 4 is 11.9 Å². The summed E-state index contributed by atoms with van der Waals surface area (Å²) in [5.74, 6) is -1.17. The van der Waals surface area contributed by atoms with Gasteiger partial charge in [0.25, 0.3) is 0 Å². The molecule has 2 atom stereocenters. The third-order valence-corrected chi connectivity index (χ3v) is 2.33. The summed E-state index contributed by atoms with van der Waals surface area (Å²) in [6.45, 7) is 3.48. The van der Waals surface area contributed by atoms with Gasteiger partial charge in [-0.05, 0) is 18.8 Å². The van der Waals surface area contributed by atoms with E-state index in [2.05, 4.69) is 5.32 Å². The van der Waals surface area contributed by atoms with E-state index in [1.54, 1.807) is 0 Å². The minimum atomic E-state index is -1.24. The zero-order chi connectivity index (χ0) is 13.4.